The molecule has 0 spiro atoms. The van der Waals surface area contributed by atoms with Crippen molar-refractivity contribution in [1.82, 2.24) is 19.8 Å². The first-order valence-corrected chi connectivity index (χ1v) is 9.53. The smallest absolute Gasteiger partial charge is 0.185 e. The lowest BCUT2D eigenvalue weighted by Crippen LogP contribution is -2.18. The van der Waals surface area contributed by atoms with Gasteiger partial charge >= 0.3 is 0 Å². The number of hydrogen-bond donors (Lipinski definition) is 1. The Morgan fingerprint density at radius 1 is 0.962 bits per heavy atom. The summed E-state index contributed by atoms with van der Waals surface area (Å²) >= 11 is 0. The average molecular weight is 351 g/mol. The van der Waals surface area contributed by atoms with E-state index in [1.165, 1.54) is 38.5 Å². The minimum Gasteiger partial charge on any atom is -0.376 e. The second-order valence-corrected chi connectivity index (χ2v) is 6.79. The van der Waals surface area contributed by atoms with Crippen LogP contribution in [0.1, 0.15) is 38.5 Å². The normalized spacial score (nSPS) is 15.8. The van der Waals surface area contributed by atoms with Crippen LogP contribution in [0.5, 0.6) is 0 Å². The van der Waals surface area contributed by atoms with Crippen molar-refractivity contribution < 1.29 is 4.74 Å². The maximum Gasteiger partial charge on any atom is 0.185 e. The molecule has 0 amide bonds. The minimum absolute atomic E-state index is 0.428. The van der Waals surface area contributed by atoms with Gasteiger partial charge in [-0.15, -0.1) is 15.3 Å². The Kier molecular flexibility index (Phi) is 5.40. The number of ether oxygens (including phenoxy) is 1. The van der Waals surface area contributed by atoms with Crippen LogP contribution >= 0.6 is 0 Å². The summed E-state index contributed by atoms with van der Waals surface area (Å²) < 4.78 is 7.81. The maximum atomic E-state index is 6.03. The van der Waals surface area contributed by atoms with Crippen molar-refractivity contribution in [3.05, 3.63) is 42.5 Å². The molecule has 6 heteroatoms. The molecule has 2 heterocycles. The van der Waals surface area contributed by atoms with Gasteiger partial charge in [0.05, 0.1) is 12.7 Å². The van der Waals surface area contributed by atoms with Crippen molar-refractivity contribution >= 4 is 11.5 Å². The third-order valence-corrected chi connectivity index (χ3v) is 4.86. The molecule has 1 N–H and O–H groups in total. The van der Waals surface area contributed by atoms with E-state index in [-0.39, 0.29) is 0 Å². The Morgan fingerprint density at radius 2 is 1.77 bits per heavy atom. The fraction of sp³-hybridized carbons (Fsp3) is 0.450. The van der Waals surface area contributed by atoms with Gasteiger partial charge in [-0.2, -0.15) is 4.52 Å². The van der Waals surface area contributed by atoms with Crippen molar-refractivity contribution in [2.24, 2.45) is 0 Å². The molecule has 3 aromatic rings. The topological polar surface area (TPSA) is 64.3 Å². The molecule has 1 aliphatic carbocycles. The summed E-state index contributed by atoms with van der Waals surface area (Å²) in [6.07, 6.45) is 8.13. The van der Waals surface area contributed by atoms with Gasteiger partial charge in [0.15, 0.2) is 11.5 Å². The Bertz CT molecular complexity index is 825. The van der Waals surface area contributed by atoms with Gasteiger partial charge in [-0.25, -0.2) is 0 Å². The highest BCUT2D eigenvalue weighted by molar-refractivity contribution is 5.59. The van der Waals surface area contributed by atoms with Crippen molar-refractivity contribution in [2.45, 2.75) is 44.6 Å². The Morgan fingerprint density at radius 3 is 2.58 bits per heavy atom. The number of nitrogens with zero attached hydrogens (tertiary/aromatic N) is 4. The molecular weight excluding hydrogens is 326 g/mol. The van der Waals surface area contributed by atoms with Crippen molar-refractivity contribution in [3.63, 3.8) is 0 Å². The molecule has 1 aromatic carbocycles. The van der Waals surface area contributed by atoms with E-state index < -0.39 is 0 Å². The van der Waals surface area contributed by atoms with E-state index in [9.17, 15) is 0 Å². The number of rotatable bonds is 6. The zero-order valence-corrected chi connectivity index (χ0v) is 15.0. The molecular formula is C20H25N5O. The molecule has 0 saturated heterocycles. The number of anilines is 1. The van der Waals surface area contributed by atoms with E-state index in [1.54, 1.807) is 4.52 Å². The first-order valence-electron chi connectivity index (χ1n) is 9.53. The molecule has 1 aliphatic rings. The lowest BCUT2D eigenvalue weighted by atomic mass is 10.1. The Balaban J connectivity index is 1.38. The van der Waals surface area contributed by atoms with E-state index in [2.05, 4.69) is 20.6 Å². The molecule has 4 rings (SSSR count). The molecule has 1 saturated carbocycles. The highest BCUT2D eigenvalue weighted by Gasteiger charge is 2.12. The lowest BCUT2D eigenvalue weighted by Gasteiger charge is -2.15. The number of nitrogens with one attached hydrogen (secondary N) is 1. The third kappa shape index (κ3) is 4.02. The van der Waals surface area contributed by atoms with Gasteiger partial charge < -0.3 is 10.1 Å². The van der Waals surface area contributed by atoms with E-state index in [4.69, 9.17) is 4.74 Å². The van der Waals surface area contributed by atoms with E-state index in [0.29, 0.717) is 12.7 Å². The van der Waals surface area contributed by atoms with Crippen LogP contribution in [0.15, 0.2) is 42.5 Å². The lowest BCUT2D eigenvalue weighted by molar-refractivity contribution is 0.0501. The quantitative estimate of drug-likeness (QED) is 0.538. The third-order valence-electron chi connectivity index (χ3n) is 4.86. The summed E-state index contributed by atoms with van der Waals surface area (Å²) in [5.74, 6) is 1.55. The number of hydrogen-bond acceptors (Lipinski definition) is 5. The SMILES string of the molecule is c1ccc(-c2nnc3ccc(NCCOC4CCCCCC4)nn23)cc1. The predicted octanol–water partition coefficient (Wildman–Crippen LogP) is 3.94. The second kappa shape index (κ2) is 8.27. The van der Waals surface area contributed by atoms with E-state index in [0.717, 1.165) is 29.4 Å². The summed E-state index contributed by atoms with van der Waals surface area (Å²) in [4.78, 5) is 0. The Labute approximate surface area is 153 Å². The van der Waals surface area contributed by atoms with Gasteiger partial charge in [0.2, 0.25) is 0 Å². The monoisotopic (exact) mass is 351 g/mol. The van der Waals surface area contributed by atoms with Crippen LogP contribution in [0.3, 0.4) is 0 Å². The highest BCUT2D eigenvalue weighted by Crippen LogP contribution is 2.20. The summed E-state index contributed by atoms with van der Waals surface area (Å²) in [5, 5.41) is 16.5. The second-order valence-electron chi connectivity index (χ2n) is 6.79. The van der Waals surface area contributed by atoms with Crippen molar-refractivity contribution in [2.75, 3.05) is 18.5 Å². The molecule has 0 atom stereocenters. The van der Waals surface area contributed by atoms with Crippen LogP contribution in [0.4, 0.5) is 5.82 Å². The van der Waals surface area contributed by atoms with Crippen LogP contribution in [0, 0.1) is 0 Å². The van der Waals surface area contributed by atoms with Crippen LogP contribution in [0.2, 0.25) is 0 Å². The fourth-order valence-electron chi connectivity index (χ4n) is 3.46. The van der Waals surface area contributed by atoms with Gasteiger partial charge in [-0.3, -0.25) is 0 Å². The summed E-state index contributed by atoms with van der Waals surface area (Å²) in [6.45, 7) is 1.45. The largest absolute Gasteiger partial charge is 0.376 e. The summed E-state index contributed by atoms with van der Waals surface area (Å²) in [5.41, 5.74) is 1.74. The molecule has 1 fully saturated rings. The van der Waals surface area contributed by atoms with E-state index in [1.807, 2.05) is 42.5 Å². The van der Waals surface area contributed by atoms with Crippen LogP contribution in [0.25, 0.3) is 17.0 Å². The first-order chi connectivity index (χ1) is 12.9. The standard InChI is InChI=1S/C20H25N5O/c1-2-7-11-17(10-6-1)26-15-14-21-18-12-13-19-22-23-20(25(19)24-18)16-8-4-3-5-9-16/h3-5,8-9,12-13,17H,1-2,6-7,10-11,14-15H2,(H,21,24). The zero-order chi connectivity index (χ0) is 17.6. The predicted molar refractivity (Wildman–Crippen MR) is 102 cm³/mol. The number of fused-ring (bicyclic) bond motifs is 1. The number of aromatic nitrogens is 4. The average Bonchev–Trinajstić information content (AvgIpc) is 2.93. The van der Waals surface area contributed by atoms with Crippen molar-refractivity contribution in [3.8, 4) is 11.4 Å². The molecule has 0 bridgehead atoms. The molecule has 2 aromatic heterocycles. The molecule has 0 radical (unpaired) electrons. The summed E-state index contributed by atoms with van der Waals surface area (Å²) in [6, 6.07) is 13.9. The van der Waals surface area contributed by atoms with Crippen LogP contribution in [-0.2, 0) is 4.74 Å². The highest BCUT2D eigenvalue weighted by atomic mass is 16.5. The Hall–Kier alpha value is -2.47. The summed E-state index contributed by atoms with van der Waals surface area (Å²) in [7, 11) is 0. The zero-order valence-electron chi connectivity index (χ0n) is 15.0. The molecule has 0 unspecified atom stereocenters. The molecule has 136 valence electrons. The molecule has 0 aliphatic heterocycles. The van der Waals surface area contributed by atoms with Gasteiger partial charge in [0.1, 0.15) is 5.82 Å². The van der Waals surface area contributed by atoms with Crippen LogP contribution in [-0.4, -0.2) is 39.1 Å². The minimum atomic E-state index is 0.428. The first kappa shape index (κ1) is 17.0. The molecule has 6 nitrogen and oxygen atoms in total. The van der Waals surface area contributed by atoms with Crippen LogP contribution < -0.4 is 5.32 Å². The van der Waals surface area contributed by atoms with Gasteiger partial charge in [-0.1, -0.05) is 56.0 Å². The fourth-order valence-corrected chi connectivity index (χ4v) is 3.46. The van der Waals surface area contributed by atoms with Gasteiger partial charge in [0.25, 0.3) is 0 Å². The van der Waals surface area contributed by atoms with E-state index >= 15 is 0 Å². The van der Waals surface area contributed by atoms with Crippen molar-refractivity contribution in [1.29, 1.82) is 0 Å². The maximum absolute atomic E-state index is 6.03. The van der Waals surface area contributed by atoms with Gasteiger partial charge in [-0.05, 0) is 25.0 Å². The molecule has 26 heavy (non-hydrogen) atoms. The van der Waals surface area contributed by atoms with Gasteiger partial charge in [0, 0.05) is 12.1 Å². The number of benzene rings is 1.